The van der Waals surface area contributed by atoms with E-state index in [2.05, 4.69) is 14.5 Å². The van der Waals surface area contributed by atoms with E-state index in [9.17, 15) is 8.78 Å². The van der Waals surface area contributed by atoms with E-state index in [1.165, 1.54) is 12.1 Å². The highest BCUT2D eigenvalue weighted by atomic mass is 35.5. The lowest BCUT2D eigenvalue weighted by Crippen LogP contribution is -2.25. The van der Waals surface area contributed by atoms with Crippen molar-refractivity contribution in [3.05, 3.63) is 51.8 Å². The van der Waals surface area contributed by atoms with Crippen molar-refractivity contribution in [3.63, 3.8) is 0 Å². The molecule has 5 nitrogen and oxygen atoms in total. The minimum Gasteiger partial charge on any atom is -0.483 e. The molecule has 0 bridgehead atoms. The maximum Gasteiger partial charge on any atom is 0.586 e. The molecule has 0 atom stereocenters. The van der Waals surface area contributed by atoms with E-state index >= 15 is 0 Å². The van der Waals surface area contributed by atoms with Crippen LogP contribution in [0, 0.1) is 0 Å². The zero-order chi connectivity index (χ0) is 17.7. The first-order chi connectivity index (χ1) is 11.4. The molecule has 2 aromatic rings. The van der Waals surface area contributed by atoms with Crippen molar-refractivity contribution in [1.29, 1.82) is 0 Å². The Morgan fingerprint density at radius 2 is 1.71 bits per heavy atom. The first kappa shape index (κ1) is 18.2. The van der Waals surface area contributed by atoms with E-state index in [1.807, 2.05) is 0 Å². The molecule has 0 unspecified atom stereocenters. The summed E-state index contributed by atoms with van der Waals surface area (Å²) in [6.07, 6.45) is 0.864. The SMILES string of the molecule is FC1(F)Oc2ccc(CCc3c(Cl)c[nH+]cc3Cl)cc2O1.O=CO. The van der Waals surface area contributed by atoms with Crippen LogP contribution >= 0.6 is 23.2 Å². The lowest BCUT2D eigenvalue weighted by Gasteiger charge is -2.05. The Morgan fingerprint density at radius 1 is 1.12 bits per heavy atom. The average molecular weight is 379 g/mol. The number of aryl methyl sites for hydroxylation is 1. The molecule has 1 aliphatic heterocycles. The summed E-state index contributed by atoms with van der Waals surface area (Å²) in [5.41, 5.74) is 1.63. The molecule has 0 aliphatic carbocycles. The van der Waals surface area contributed by atoms with Crippen LogP contribution in [0.15, 0.2) is 30.6 Å². The number of pyridine rings is 1. The maximum absolute atomic E-state index is 12.9. The molecular weight excluding hydrogens is 367 g/mol. The number of halogens is 4. The number of hydrogen-bond donors (Lipinski definition) is 1. The summed E-state index contributed by atoms with van der Waals surface area (Å²) in [6.45, 7) is -0.250. The standard InChI is InChI=1S/C14H9Cl2F2NO2.CH2O2/c15-10-6-19-7-11(16)9(10)3-1-8-2-4-12-13(5-8)21-14(17,18)20-12;2-1-3/h2,4-7H,1,3H2;1H,(H,2,3)/p+1. The number of aromatic amines is 1. The Kier molecular flexibility index (Phi) is 5.80. The van der Waals surface area contributed by atoms with E-state index in [-0.39, 0.29) is 18.0 Å². The number of rotatable bonds is 3. The third-order valence-electron chi connectivity index (χ3n) is 3.13. The predicted octanol–water partition coefficient (Wildman–Crippen LogP) is 3.62. The van der Waals surface area contributed by atoms with Gasteiger partial charge in [-0.3, -0.25) is 4.79 Å². The Balaban J connectivity index is 0.000000647. The molecular formula is C15H12Cl2F2NO4+. The quantitative estimate of drug-likeness (QED) is 0.828. The van der Waals surface area contributed by atoms with E-state index in [0.717, 1.165) is 11.1 Å². The van der Waals surface area contributed by atoms with Crippen molar-refractivity contribution in [2.75, 3.05) is 0 Å². The number of benzene rings is 1. The van der Waals surface area contributed by atoms with E-state index < -0.39 is 6.29 Å². The van der Waals surface area contributed by atoms with Crippen molar-refractivity contribution in [2.45, 2.75) is 19.1 Å². The Hall–Kier alpha value is -2.12. The van der Waals surface area contributed by atoms with Gasteiger partial charge in [-0.05, 0) is 30.5 Å². The molecule has 0 spiro atoms. The lowest BCUT2D eigenvalue weighted by atomic mass is 10.0. The van der Waals surface area contributed by atoms with Crippen molar-refractivity contribution in [2.24, 2.45) is 0 Å². The highest BCUT2D eigenvalue weighted by molar-refractivity contribution is 6.35. The minimum absolute atomic E-state index is 0.0362. The molecule has 1 aromatic heterocycles. The van der Waals surface area contributed by atoms with Crippen LogP contribution in [0.5, 0.6) is 11.5 Å². The number of fused-ring (bicyclic) bond motifs is 1. The van der Waals surface area contributed by atoms with Gasteiger partial charge in [0, 0.05) is 5.56 Å². The van der Waals surface area contributed by atoms with Gasteiger partial charge in [-0.1, -0.05) is 29.3 Å². The maximum atomic E-state index is 12.9. The smallest absolute Gasteiger partial charge is 0.483 e. The van der Waals surface area contributed by atoms with Gasteiger partial charge in [0.15, 0.2) is 23.9 Å². The summed E-state index contributed by atoms with van der Waals surface area (Å²) in [4.78, 5) is 11.2. The number of nitrogens with one attached hydrogen (secondary N) is 1. The summed E-state index contributed by atoms with van der Waals surface area (Å²) in [7, 11) is 0. The van der Waals surface area contributed by atoms with Crippen LogP contribution in [0.3, 0.4) is 0 Å². The van der Waals surface area contributed by atoms with E-state index in [0.29, 0.717) is 22.9 Å². The van der Waals surface area contributed by atoms with Crippen LogP contribution < -0.4 is 14.5 Å². The topological polar surface area (TPSA) is 69.9 Å². The first-order valence-corrected chi connectivity index (χ1v) is 7.42. The summed E-state index contributed by atoms with van der Waals surface area (Å²) in [6, 6.07) is 4.71. The van der Waals surface area contributed by atoms with Crippen LogP contribution in [-0.4, -0.2) is 17.9 Å². The number of alkyl halides is 2. The van der Waals surface area contributed by atoms with Crippen molar-refractivity contribution in [1.82, 2.24) is 0 Å². The number of aromatic nitrogens is 1. The highest BCUT2D eigenvalue weighted by Crippen LogP contribution is 2.41. The Labute approximate surface area is 145 Å². The fraction of sp³-hybridized carbons (Fsp3) is 0.200. The molecule has 1 aromatic carbocycles. The first-order valence-electron chi connectivity index (χ1n) is 6.67. The van der Waals surface area contributed by atoms with Gasteiger partial charge in [-0.25, -0.2) is 4.98 Å². The average Bonchev–Trinajstić information content (AvgIpc) is 2.80. The van der Waals surface area contributed by atoms with Gasteiger partial charge in [0.2, 0.25) is 0 Å². The fourth-order valence-electron chi connectivity index (χ4n) is 2.13. The van der Waals surface area contributed by atoms with Gasteiger partial charge >= 0.3 is 6.29 Å². The largest absolute Gasteiger partial charge is 0.586 e. The van der Waals surface area contributed by atoms with E-state index in [1.54, 1.807) is 18.5 Å². The second-order valence-corrected chi connectivity index (χ2v) is 5.50. The predicted molar refractivity (Wildman–Crippen MR) is 81.8 cm³/mol. The third-order valence-corrected chi connectivity index (χ3v) is 3.80. The lowest BCUT2D eigenvalue weighted by molar-refractivity contribution is -0.377. The molecule has 1 aliphatic rings. The number of H-pyrrole nitrogens is 1. The molecule has 128 valence electrons. The molecule has 3 rings (SSSR count). The summed E-state index contributed by atoms with van der Waals surface area (Å²) >= 11 is 12.1. The van der Waals surface area contributed by atoms with Gasteiger partial charge < -0.3 is 14.6 Å². The van der Waals surface area contributed by atoms with Crippen LogP contribution in [-0.2, 0) is 17.6 Å². The van der Waals surface area contributed by atoms with Gasteiger partial charge in [0.1, 0.15) is 10.0 Å². The molecule has 2 N–H and O–H groups in total. The highest BCUT2D eigenvalue weighted by Gasteiger charge is 2.43. The molecule has 9 heteroatoms. The molecule has 0 amide bonds. The van der Waals surface area contributed by atoms with Crippen LogP contribution in [0.1, 0.15) is 11.1 Å². The summed E-state index contributed by atoms with van der Waals surface area (Å²) in [5, 5.41) is 7.96. The molecule has 2 heterocycles. The van der Waals surface area contributed by atoms with Crippen LogP contribution in [0.2, 0.25) is 10.0 Å². The number of carbonyl (C=O) groups is 1. The van der Waals surface area contributed by atoms with Gasteiger partial charge in [-0.15, -0.1) is 8.78 Å². The normalized spacial score (nSPS) is 13.8. The minimum atomic E-state index is -3.59. The molecule has 0 saturated carbocycles. The zero-order valence-corrected chi connectivity index (χ0v) is 13.6. The third kappa shape index (κ3) is 4.46. The Morgan fingerprint density at radius 3 is 2.33 bits per heavy atom. The number of ether oxygens (including phenoxy) is 2. The van der Waals surface area contributed by atoms with Crippen LogP contribution in [0.25, 0.3) is 0 Å². The van der Waals surface area contributed by atoms with Crippen molar-refractivity contribution >= 4 is 29.7 Å². The molecule has 0 radical (unpaired) electrons. The molecule has 0 saturated heterocycles. The number of carboxylic acid groups (broad SMARTS) is 1. The monoisotopic (exact) mass is 378 g/mol. The zero-order valence-electron chi connectivity index (χ0n) is 12.1. The molecule has 24 heavy (non-hydrogen) atoms. The van der Waals surface area contributed by atoms with Gasteiger partial charge in [0.05, 0.1) is 0 Å². The van der Waals surface area contributed by atoms with Gasteiger partial charge in [-0.2, -0.15) is 0 Å². The second kappa shape index (κ2) is 7.63. The Bertz CT molecular complexity index is 723. The molecule has 0 fully saturated rings. The van der Waals surface area contributed by atoms with Crippen molar-refractivity contribution < 1.29 is 33.1 Å². The fourth-order valence-corrected chi connectivity index (χ4v) is 2.70. The van der Waals surface area contributed by atoms with E-state index in [4.69, 9.17) is 33.1 Å². The summed E-state index contributed by atoms with van der Waals surface area (Å²) in [5.74, 6) is 0.0743. The van der Waals surface area contributed by atoms with Gasteiger partial charge in [0.25, 0.3) is 6.47 Å². The summed E-state index contributed by atoms with van der Waals surface area (Å²) < 4.78 is 34.7. The second-order valence-electron chi connectivity index (χ2n) is 4.68. The number of hydrogen-bond acceptors (Lipinski definition) is 3. The van der Waals surface area contributed by atoms with Crippen LogP contribution in [0.4, 0.5) is 8.78 Å². The van der Waals surface area contributed by atoms with Crippen molar-refractivity contribution in [3.8, 4) is 11.5 Å².